The van der Waals surface area contributed by atoms with E-state index in [0.29, 0.717) is 12.4 Å². The first-order valence-electron chi connectivity index (χ1n) is 5.19. The van der Waals surface area contributed by atoms with E-state index in [1.807, 2.05) is 0 Å². The largest absolute Gasteiger partial charge is 0.494 e. The maximum atomic E-state index is 12.5. The number of hydrogen-bond donors (Lipinski definition) is 0. The Morgan fingerprint density at radius 2 is 2.00 bits per heavy atom. The van der Waals surface area contributed by atoms with Gasteiger partial charge in [0.25, 0.3) is 0 Å². The third-order valence-electron chi connectivity index (χ3n) is 2.32. The van der Waals surface area contributed by atoms with Crippen LogP contribution < -0.4 is 10.4 Å². The predicted octanol–water partition coefficient (Wildman–Crippen LogP) is 3.21. The van der Waals surface area contributed by atoms with Crippen molar-refractivity contribution in [3.8, 4) is 5.75 Å². The molecule has 1 aromatic heterocycles. The van der Waals surface area contributed by atoms with Crippen molar-refractivity contribution in [2.75, 3.05) is 6.61 Å². The highest BCUT2D eigenvalue weighted by Crippen LogP contribution is 2.29. The fourth-order valence-electron chi connectivity index (χ4n) is 1.55. The van der Waals surface area contributed by atoms with Crippen LogP contribution in [0.4, 0.5) is 13.2 Å². The molecule has 0 spiro atoms. The SMILES string of the molecule is CCOc1ccc2cc(C(F)(F)F)c(=O)oc2c1. The summed E-state index contributed by atoms with van der Waals surface area (Å²) in [4.78, 5) is 11.2. The Morgan fingerprint density at radius 3 is 2.61 bits per heavy atom. The molecule has 0 unspecified atom stereocenters. The molecule has 0 N–H and O–H groups in total. The van der Waals surface area contributed by atoms with Crippen LogP contribution in [-0.4, -0.2) is 6.61 Å². The summed E-state index contributed by atoms with van der Waals surface area (Å²) in [5.41, 5.74) is -2.64. The van der Waals surface area contributed by atoms with Gasteiger partial charge in [-0.05, 0) is 25.1 Å². The third kappa shape index (κ3) is 2.32. The Balaban J connectivity index is 2.61. The molecule has 3 nitrogen and oxygen atoms in total. The average Bonchev–Trinajstić information content (AvgIpc) is 2.27. The third-order valence-corrected chi connectivity index (χ3v) is 2.32. The minimum atomic E-state index is -4.71. The Labute approximate surface area is 99.8 Å². The molecule has 1 heterocycles. The van der Waals surface area contributed by atoms with Crippen LogP contribution in [0, 0.1) is 0 Å². The molecule has 0 aliphatic carbocycles. The zero-order valence-electron chi connectivity index (χ0n) is 9.38. The molecule has 2 aromatic rings. The zero-order valence-corrected chi connectivity index (χ0v) is 9.38. The first-order valence-corrected chi connectivity index (χ1v) is 5.19. The second-order valence-electron chi connectivity index (χ2n) is 3.58. The summed E-state index contributed by atoms with van der Waals surface area (Å²) in [5.74, 6) is 0.438. The molecule has 0 saturated carbocycles. The van der Waals surface area contributed by atoms with E-state index in [9.17, 15) is 18.0 Å². The highest BCUT2D eigenvalue weighted by Gasteiger charge is 2.35. The first kappa shape index (κ1) is 12.5. The lowest BCUT2D eigenvalue weighted by molar-refractivity contribution is -0.139. The molecule has 96 valence electrons. The van der Waals surface area contributed by atoms with Crippen LogP contribution in [0.5, 0.6) is 5.75 Å². The van der Waals surface area contributed by atoms with E-state index in [1.54, 1.807) is 6.92 Å². The van der Waals surface area contributed by atoms with E-state index >= 15 is 0 Å². The van der Waals surface area contributed by atoms with Crippen LogP contribution in [-0.2, 0) is 6.18 Å². The van der Waals surface area contributed by atoms with Gasteiger partial charge < -0.3 is 9.15 Å². The standard InChI is InChI=1S/C12H9F3O3/c1-2-17-8-4-3-7-5-9(12(13,14)15)11(16)18-10(7)6-8/h3-6H,2H2,1H3. The van der Waals surface area contributed by atoms with Crippen molar-refractivity contribution in [1.82, 2.24) is 0 Å². The van der Waals surface area contributed by atoms with Crippen molar-refractivity contribution in [3.05, 3.63) is 40.2 Å². The quantitative estimate of drug-likeness (QED) is 0.776. The lowest BCUT2D eigenvalue weighted by atomic mass is 10.2. The second kappa shape index (κ2) is 4.36. The maximum Gasteiger partial charge on any atom is 0.423 e. The zero-order chi connectivity index (χ0) is 13.3. The van der Waals surface area contributed by atoms with Crippen molar-refractivity contribution in [3.63, 3.8) is 0 Å². The maximum absolute atomic E-state index is 12.5. The number of fused-ring (bicyclic) bond motifs is 1. The molecule has 6 heteroatoms. The van der Waals surface area contributed by atoms with Crippen molar-refractivity contribution in [1.29, 1.82) is 0 Å². The fraction of sp³-hybridized carbons (Fsp3) is 0.250. The molecule has 0 fully saturated rings. The predicted molar refractivity (Wildman–Crippen MR) is 58.7 cm³/mol. The van der Waals surface area contributed by atoms with Crippen molar-refractivity contribution < 1.29 is 22.3 Å². The summed E-state index contributed by atoms with van der Waals surface area (Å²) in [7, 11) is 0. The summed E-state index contributed by atoms with van der Waals surface area (Å²) >= 11 is 0. The molecule has 0 atom stereocenters. The number of alkyl halides is 3. The smallest absolute Gasteiger partial charge is 0.423 e. The van der Waals surface area contributed by atoms with Gasteiger partial charge in [0.15, 0.2) is 0 Å². The van der Waals surface area contributed by atoms with Crippen LogP contribution in [0.1, 0.15) is 12.5 Å². The van der Waals surface area contributed by atoms with Crippen LogP contribution in [0.15, 0.2) is 33.5 Å². The van der Waals surface area contributed by atoms with E-state index in [4.69, 9.17) is 4.74 Å². The van der Waals surface area contributed by atoms with E-state index in [-0.39, 0.29) is 11.0 Å². The summed E-state index contributed by atoms with van der Waals surface area (Å²) in [5, 5.41) is 0.199. The molecular weight excluding hydrogens is 249 g/mol. The van der Waals surface area contributed by atoms with Gasteiger partial charge in [-0.2, -0.15) is 13.2 Å². The van der Waals surface area contributed by atoms with Gasteiger partial charge in [0.05, 0.1) is 6.61 Å². The van der Waals surface area contributed by atoms with Gasteiger partial charge in [-0.3, -0.25) is 0 Å². The van der Waals surface area contributed by atoms with E-state index in [0.717, 1.165) is 6.07 Å². The molecule has 0 aliphatic heterocycles. The lowest BCUT2D eigenvalue weighted by Gasteiger charge is -2.07. The molecule has 0 saturated heterocycles. The van der Waals surface area contributed by atoms with Gasteiger partial charge in [0.2, 0.25) is 0 Å². The number of benzene rings is 1. The Kier molecular flexibility index (Phi) is 3.02. The number of hydrogen-bond acceptors (Lipinski definition) is 3. The Hall–Kier alpha value is -1.98. The number of rotatable bonds is 2. The highest BCUT2D eigenvalue weighted by molar-refractivity contribution is 5.78. The van der Waals surface area contributed by atoms with Gasteiger partial charge in [0.1, 0.15) is 16.9 Å². The first-order chi connectivity index (χ1) is 8.41. The van der Waals surface area contributed by atoms with Gasteiger partial charge >= 0.3 is 11.8 Å². The van der Waals surface area contributed by atoms with Crippen LogP contribution in [0.2, 0.25) is 0 Å². The minimum absolute atomic E-state index is 0.0685. The Morgan fingerprint density at radius 1 is 1.28 bits per heavy atom. The average molecular weight is 258 g/mol. The van der Waals surface area contributed by atoms with Crippen LogP contribution >= 0.6 is 0 Å². The van der Waals surface area contributed by atoms with E-state index in [2.05, 4.69) is 4.42 Å². The Bertz CT molecular complexity index is 628. The van der Waals surface area contributed by atoms with Crippen molar-refractivity contribution in [2.24, 2.45) is 0 Å². The summed E-state index contributed by atoms with van der Waals surface area (Å²) < 4.78 is 47.3. The molecule has 2 rings (SSSR count). The molecule has 0 amide bonds. The molecular formula is C12H9F3O3. The van der Waals surface area contributed by atoms with Crippen molar-refractivity contribution >= 4 is 11.0 Å². The van der Waals surface area contributed by atoms with Gasteiger partial charge in [-0.25, -0.2) is 4.79 Å². The van der Waals surface area contributed by atoms with E-state index in [1.165, 1.54) is 18.2 Å². The minimum Gasteiger partial charge on any atom is -0.494 e. The van der Waals surface area contributed by atoms with Crippen LogP contribution in [0.25, 0.3) is 11.0 Å². The highest BCUT2D eigenvalue weighted by atomic mass is 19.4. The molecule has 18 heavy (non-hydrogen) atoms. The van der Waals surface area contributed by atoms with Crippen molar-refractivity contribution in [2.45, 2.75) is 13.1 Å². The topological polar surface area (TPSA) is 39.4 Å². The van der Waals surface area contributed by atoms with E-state index < -0.39 is 17.4 Å². The fourth-order valence-corrected chi connectivity index (χ4v) is 1.55. The van der Waals surface area contributed by atoms with Crippen LogP contribution in [0.3, 0.4) is 0 Å². The lowest BCUT2D eigenvalue weighted by Crippen LogP contribution is -2.17. The number of halogens is 3. The molecule has 0 radical (unpaired) electrons. The summed E-state index contributed by atoms with van der Waals surface area (Å²) in [6.07, 6.45) is -4.71. The normalized spacial score (nSPS) is 11.8. The van der Waals surface area contributed by atoms with Gasteiger partial charge in [-0.1, -0.05) is 0 Å². The molecule has 1 aromatic carbocycles. The monoisotopic (exact) mass is 258 g/mol. The van der Waals surface area contributed by atoms with Gasteiger partial charge in [-0.15, -0.1) is 0 Å². The molecule has 0 bridgehead atoms. The summed E-state index contributed by atoms with van der Waals surface area (Å²) in [6.45, 7) is 2.18. The summed E-state index contributed by atoms with van der Waals surface area (Å²) in [6, 6.07) is 5.10. The number of ether oxygens (including phenoxy) is 1. The van der Waals surface area contributed by atoms with Gasteiger partial charge in [0, 0.05) is 11.5 Å². The second-order valence-corrected chi connectivity index (χ2v) is 3.58. The molecule has 0 aliphatic rings.